The number of benzene rings is 1. The normalized spacial score (nSPS) is 11.5. The van der Waals surface area contributed by atoms with Crippen molar-refractivity contribution in [2.45, 2.75) is 33.7 Å². The second-order valence-corrected chi connectivity index (χ2v) is 5.66. The molecular formula is C16H28N2O. The Morgan fingerprint density at radius 2 is 1.58 bits per heavy atom. The van der Waals surface area contributed by atoms with E-state index in [1.54, 1.807) is 0 Å². The fourth-order valence-electron chi connectivity index (χ4n) is 2.32. The average molecular weight is 264 g/mol. The third-order valence-corrected chi connectivity index (χ3v) is 3.36. The van der Waals surface area contributed by atoms with Crippen molar-refractivity contribution in [1.82, 2.24) is 9.80 Å². The van der Waals surface area contributed by atoms with Crippen molar-refractivity contribution in [2.75, 3.05) is 33.7 Å². The Morgan fingerprint density at radius 1 is 1.00 bits per heavy atom. The molecule has 0 unspecified atom stereocenters. The van der Waals surface area contributed by atoms with E-state index in [4.69, 9.17) is 0 Å². The van der Waals surface area contributed by atoms with Gasteiger partial charge in [0, 0.05) is 19.6 Å². The lowest BCUT2D eigenvalue weighted by Crippen LogP contribution is -2.32. The van der Waals surface area contributed by atoms with Crippen molar-refractivity contribution in [2.24, 2.45) is 0 Å². The number of likely N-dealkylation sites (N-methyl/N-ethyl adjacent to an activating group) is 1. The minimum atomic E-state index is 0.430. The molecule has 0 atom stereocenters. The highest BCUT2D eigenvalue weighted by Crippen LogP contribution is 2.23. The minimum Gasteiger partial charge on any atom is -0.507 e. The molecule has 3 nitrogen and oxygen atoms in total. The van der Waals surface area contributed by atoms with Crippen molar-refractivity contribution < 1.29 is 5.11 Å². The number of phenols is 1. The van der Waals surface area contributed by atoms with Gasteiger partial charge in [-0.2, -0.15) is 0 Å². The Morgan fingerprint density at radius 3 is 2.05 bits per heavy atom. The summed E-state index contributed by atoms with van der Waals surface area (Å²) in [5.74, 6) is 0.430. The molecule has 0 amide bonds. The van der Waals surface area contributed by atoms with Gasteiger partial charge in [0.15, 0.2) is 0 Å². The lowest BCUT2D eigenvalue weighted by molar-refractivity contribution is 0.234. The van der Waals surface area contributed by atoms with Gasteiger partial charge in [-0.1, -0.05) is 19.1 Å². The van der Waals surface area contributed by atoms with Crippen LogP contribution in [-0.2, 0) is 6.54 Å². The molecule has 3 heteroatoms. The van der Waals surface area contributed by atoms with Gasteiger partial charge in [-0.15, -0.1) is 0 Å². The summed E-state index contributed by atoms with van der Waals surface area (Å²) in [5.41, 5.74) is 3.23. The van der Waals surface area contributed by atoms with Crippen LogP contribution in [0.3, 0.4) is 0 Å². The molecule has 0 spiro atoms. The van der Waals surface area contributed by atoms with Crippen molar-refractivity contribution in [1.29, 1.82) is 0 Å². The van der Waals surface area contributed by atoms with Gasteiger partial charge in [-0.3, -0.25) is 4.90 Å². The van der Waals surface area contributed by atoms with Crippen LogP contribution in [0.15, 0.2) is 12.1 Å². The molecule has 0 aliphatic carbocycles. The first kappa shape index (κ1) is 16.0. The first-order valence-electron chi connectivity index (χ1n) is 7.10. The molecule has 1 aromatic rings. The van der Waals surface area contributed by atoms with E-state index < -0.39 is 0 Å². The Hall–Kier alpha value is -1.06. The van der Waals surface area contributed by atoms with E-state index in [0.717, 1.165) is 37.3 Å². The average Bonchev–Trinajstić information content (AvgIpc) is 2.33. The predicted octanol–water partition coefficient (Wildman–Crippen LogP) is 2.78. The molecule has 1 rings (SSSR count). The van der Waals surface area contributed by atoms with Crippen molar-refractivity contribution in [3.8, 4) is 5.75 Å². The third-order valence-electron chi connectivity index (χ3n) is 3.36. The van der Waals surface area contributed by atoms with Gasteiger partial charge in [0.25, 0.3) is 0 Å². The van der Waals surface area contributed by atoms with Crippen LogP contribution < -0.4 is 0 Å². The van der Waals surface area contributed by atoms with E-state index in [0.29, 0.717) is 5.75 Å². The SMILES string of the molecule is CCCN(CCN(C)C)Cc1cc(C)c(O)c(C)c1. The second kappa shape index (κ2) is 7.51. The van der Waals surface area contributed by atoms with Crippen LogP contribution in [0.1, 0.15) is 30.0 Å². The number of rotatable bonds is 7. The van der Waals surface area contributed by atoms with Crippen LogP contribution in [-0.4, -0.2) is 48.6 Å². The standard InChI is InChI=1S/C16H28N2O/c1-6-7-18(9-8-17(4)5)12-15-10-13(2)16(19)14(3)11-15/h10-11,19H,6-9,12H2,1-5H3. The molecule has 19 heavy (non-hydrogen) atoms. The predicted molar refractivity (Wildman–Crippen MR) is 81.7 cm³/mol. The Bertz CT molecular complexity index is 379. The van der Waals surface area contributed by atoms with Crippen molar-refractivity contribution in [3.05, 3.63) is 28.8 Å². The molecule has 0 saturated carbocycles. The largest absolute Gasteiger partial charge is 0.507 e. The zero-order chi connectivity index (χ0) is 14.4. The monoisotopic (exact) mass is 264 g/mol. The van der Waals surface area contributed by atoms with Gasteiger partial charge in [-0.05, 0) is 57.6 Å². The molecule has 0 aliphatic heterocycles. The maximum absolute atomic E-state index is 9.82. The summed E-state index contributed by atoms with van der Waals surface area (Å²) >= 11 is 0. The zero-order valence-electron chi connectivity index (χ0n) is 13.0. The molecule has 1 aromatic carbocycles. The van der Waals surface area contributed by atoms with E-state index >= 15 is 0 Å². The number of hydrogen-bond donors (Lipinski definition) is 1. The van der Waals surface area contributed by atoms with E-state index in [1.807, 2.05) is 13.8 Å². The summed E-state index contributed by atoms with van der Waals surface area (Å²) in [5, 5.41) is 9.82. The van der Waals surface area contributed by atoms with E-state index in [-0.39, 0.29) is 0 Å². The first-order chi connectivity index (χ1) is 8.93. The molecule has 0 saturated heterocycles. The van der Waals surface area contributed by atoms with E-state index in [1.165, 1.54) is 12.0 Å². The highest BCUT2D eigenvalue weighted by Gasteiger charge is 2.08. The summed E-state index contributed by atoms with van der Waals surface area (Å²) in [4.78, 5) is 4.70. The van der Waals surface area contributed by atoms with Crippen molar-refractivity contribution in [3.63, 3.8) is 0 Å². The number of hydrogen-bond acceptors (Lipinski definition) is 3. The van der Waals surface area contributed by atoms with Crippen LogP contribution in [0.2, 0.25) is 0 Å². The summed E-state index contributed by atoms with van der Waals surface area (Å²) in [6, 6.07) is 4.20. The molecule has 0 bridgehead atoms. The molecule has 1 N–H and O–H groups in total. The van der Waals surface area contributed by atoms with Crippen LogP contribution in [0, 0.1) is 13.8 Å². The van der Waals surface area contributed by atoms with Gasteiger partial charge < -0.3 is 10.0 Å². The van der Waals surface area contributed by atoms with Gasteiger partial charge in [0.2, 0.25) is 0 Å². The van der Waals surface area contributed by atoms with E-state index in [9.17, 15) is 5.11 Å². The Labute approximate surface area is 117 Å². The van der Waals surface area contributed by atoms with Crippen molar-refractivity contribution >= 4 is 0 Å². The number of phenolic OH excluding ortho intramolecular Hbond substituents is 1. The van der Waals surface area contributed by atoms with Gasteiger partial charge in [0.1, 0.15) is 5.75 Å². The van der Waals surface area contributed by atoms with Gasteiger partial charge >= 0.3 is 0 Å². The smallest absolute Gasteiger partial charge is 0.121 e. The number of aromatic hydroxyl groups is 1. The van der Waals surface area contributed by atoms with Crippen LogP contribution in [0.25, 0.3) is 0 Å². The van der Waals surface area contributed by atoms with Gasteiger partial charge in [-0.25, -0.2) is 0 Å². The molecule has 108 valence electrons. The summed E-state index contributed by atoms with van der Waals surface area (Å²) in [6.45, 7) is 10.4. The summed E-state index contributed by atoms with van der Waals surface area (Å²) < 4.78 is 0. The number of nitrogens with zero attached hydrogens (tertiary/aromatic N) is 2. The maximum atomic E-state index is 9.82. The van der Waals surface area contributed by atoms with E-state index in [2.05, 4.69) is 43.0 Å². The van der Waals surface area contributed by atoms with Crippen LogP contribution in [0.4, 0.5) is 0 Å². The van der Waals surface area contributed by atoms with Gasteiger partial charge in [0.05, 0.1) is 0 Å². The lowest BCUT2D eigenvalue weighted by atomic mass is 10.1. The highest BCUT2D eigenvalue weighted by atomic mass is 16.3. The fraction of sp³-hybridized carbons (Fsp3) is 0.625. The minimum absolute atomic E-state index is 0.430. The van der Waals surface area contributed by atoms with Crippen LogP contribution in [0.5, 0.6) is 5.75 Å². The highest BCUT2D eigenvalue weighted by molar-refractivity contribution is 5.42. The molecule has 0 radical (unpaired) electrons. The Kier molecular flexibility index (Phi) is 6.32. The maximum Gasteiger partial charge on any atom is 0.121 e. The Balaban J connectivity index is 2.72. The molecule has 0 fully saturated rings. The second-order valence-electron chi connectivity index (χ2n) is 5.66. The quantitative estimate of drug-likeness (QED) is 0.820. The third kappa shape index (κ3) is 5.21. The molecule has 0 aliphatic rings. The van der Waals surface area contributed by atoms with Crippen LogP contribution >= 0.6 is 0 Å². The number of aryl methyl sites for hydroxylation is 2. The molecular weight excluding hydrogens is 236 g/mol. The molecule has 0 aromatic heterocycles. The lowest BCUT2D eigenvalue weighted by Gasteiger charge is -2.24. The first-order valence-corrected chi connectivity index (χ1v) is 7.10. The fourth-order valence-corrected chi connectivity index (χ4v) is 2.32. The summed E-state index contributed by atoms with van der Waals surface area (Å²) in [7, 11) is 4.22. The topological polar surface area (TPSA) is 26.7 Å². The molecule has 0 heterocycles. The summed E-state index contributed by atoms with van der Waals surface area (Å²) in [6.07, 6.45) is 1.17. The zero-order valence-corrected chi connectivity index (χ0v) is 13.0.